The van der Waals surface area contributed by atoms with E-state index >= 15 is 0 Å². The van der Waals surface area contributed by atoms with Gasteiger partial charge in [-0.15, -0.1) is 0 Å². The lowest BCUT2D eigenvalue weighted by Crippen LogP contribution is -2.21. The van der Waals surface area contributed by atoms with Crippen molar-refractivity contribution in [1.29, 1.82) is 0 Å². The highest BCUT2D eigenvalue weighted by atomic mass is 19.2. The van der Waals surface area contributed by atoms with E-state index < -0.39 is 41.6 Å². The summed E-state index contributed by atoms with van der Waals surface area (Å²) in [5, 5.41) is 6.19. The first-order chi connectivity index (χ1) is 14.4. The number of aromatic nitrogens is 2. The van der Waals surface area contributed by atoms with Crippen molar-refractivity contribution in [2.24, 2.45) is 0 Å². The number of ether oxygens (including phenoxy) is 1. The molecule has 3 aromatic rings. The molecule has 6 nitrogen and oxygen atoms in total. The molecule has 30 heavy (non-hydrogen) atoms. The summed E-state index contributed by atoms with van der Waals surface area (Å²) in [6.07, 6.45) is 5.86. The SMILES string of the molecule is O=C(COC(=O)/C=C/c1cnn(Cc2ccccc2)c1)Nc1ccc(F)c(F)c1F. The van der Waals surface area contributed by atoms with E-state index in [2.05, 4.69) is 5.10 Å². The third kappa shape index (κ3) is 5.57. The number of carbonyl (C=O) groups is 2. The van der Waals surface area contributed by atoms with Gasteiger partial charge in [0.05, 0.1) is 18.4 Å². The molecule has 0 saturated heterocycles. The number of benzene rings is 2. The molecule has 0 unspecified atom stereocenters. The van der Waals surface area contributed by atoms with Crippen molar-refractivity contribution in [2.75, 3.05) is 11.9 Å². The average Bonchev–Trinajstić information content (AvgIpc) is 3.19. The van der Waals surface area contributed by atoms with Gasteiger partial charge >= 0.3 is 5.97 Å². The van der Waals surface area contributed by atoms with Crippen molar-refractivity contribution >= 4 is 23.6 Å². The number of anilines is 1. The van der Waals surface area contributed by atoms with Crippen LogP contribution in [0.25, 0.3) is 6.08 Å². The monoisotopic (exact) mass is 415 g/mol. The first kappa shape index (κ1) is 20.8. The van der Waals surface area contributed by atoms with Crippen LogP contribution < -0.4 is 5.32 Å². The fourth-order valence-electron chi connectivity index (χ4n) is 2.48. The molecule has 0 spiro atoms. The molecule has 9 heteroatoms. The third-order valence-corrected chi connectivity index (χ3v) is 3.91. The minimum absolute atomic E-state index is 0.559. The average molecular weight is 415 g/mol. The second-order valence-electron chi connectivity index (χ2n) is 6.17. The Morgan fingerprint density at radius 1 is 1.07 bits per heavy atom. The molecule has 0 saturated carbocycles. The van der Waals surface area contributed by atoms with Crippen LogP contribution in [0.1, 0.15) is 11.1 Å². The Kier molecular flexibility index (Phi) is 6.63. The number of nitrogens with zero attached hydrogens (tertiary/aromatic N) is 2. The van der Waals surface area contributed by atoms with Crippen LogP contribution in [0.2, 0.25) is 0 Å². The Hall–Kier alpha value is -3.88. The molecule has 3 rings (SSSR count). The summed E-state index contributed by atoms with van der Waals surface area (Å²) >= 11 is 0. The van der Waals surface area contributed by atoms with Gasteiger partial charge in [-0.05, 0) is 23.8 Å². The van der Waals surface area contributed by atoms with Gasteiger partial charge in [-0.1, -0.05) is 30.3 Å². The Labute approximate surface area is 169 Å². The predicted molar refractivity (Wildman–Crippen MR) is 103 cm³/mol. The quantitative estimate of drug-likeness (QED) is 0.364. The van der Waals surface area contributed by atoms with Crippen molar-refractivity contribution in [3.63, 3.8) is 0 Å². The zero-order chi connectivity index (χ0) is 21.5. The van der Waals surface area contributed by atoms with Crippen LogP contribution >= 0.6 is 0 Å². The predicted octanol–water partition coefficient (Wildman–Crippen LogP) is 3.54. The summed E-state index contributed by atoms with van der Waals surface area (Å²) in [5.41, 5.74) is 1.16. The largest absolute Gasteiger partial charge is 0.452 e. The fraction of sp³-hybridized carbons (Fsp3) is 0.0952. The summed E-state index contributed by atoms with van der Waals surface area (Å²) in [7, 11) is 0. The Morgan fingerprint density at radius 3 is 2.60 bits per heavy atom. The van der Waals surface area contributed by atoms with Crippen molar-refractivity contribution in [3.05, 3.63) is 89.5 Å². The second-order valence-corrected chi connectivity index (χ2v) is 6.17. The highest BCUT2D eigenvalue weighted by Gasteiger charge is 2.15. The molecule has 2 aromatic carbocycles. The molecule has 154 valence electrons. The molecule has 0 atom stereocenters. The lowest BCUT2D eigenvalue weighted by atomic mass is 10.2. The van der Waals surface area contributed by atoms with Gasteiger partial charge in [-0.25, -0.2) is 18.0 Å². The topological polar surface area (TPSA) is 73.2 Å². The summed E-state index contributed by atoms with van der Waals surface area (Å²) in [5.74, 6) is -6.35. The van der Waals surface area contributed by atoms with Crippen molar-refractivity contribution in [3.8, 4) is 0 Å². The molecular weight excluding hydrogens is 399 g/mol. The molecular formula is C21H16F3N3O3. The van der Waals surface area contributed by atoms with Gasteiger partial charge in [0.25, 0.3) is 5.91 Å². The lowest BCUT2D eigenvalue weighted by Gasteiger charge is -2.07. The minimum Gasteiger partial charge on any atom is -0.452 e. The molecule has 1 N–H and O–H groups in total. The van der Waals surface area contributed by atoms with Gasteiger partial charge in [0.15, 0.2) is 24.1 Å². The normalized spacial score (nSPS) is 10.9. The summed E-state index contributed by atoms with van der Waals surface area (Å²) in [6, 6.07) is 11.2. The summed E-state index contributed by atoms with van der Waals surface area (Å²) < 4.78 is 46.0. The van der Waals surface area contributed by atoms with Crippen LogP contribution in [0.3, 0.4) is 0 Å². The first-order valence-corrected chi connectivity index (χ1v) is 8.77. The Morgan fingerprint density at radius 2 is 1.83 bits per heavy atom. The molecule has 1 heterocycles. The second kappa shape index (κ2) is 9.55. The molecule has 0 bridgehead atoms. The van der Waals surface area contributed by atoms with E-state index in [9.17, 15) is 22.8 Å². The number of hydrogen-bond donors (Lipinski definition) is 1. The maximum absolute atomic E-state index is 13.5. The van der Waals surface area contributed by atoms with Gasteiger partial charge in [0.1, 0.15) is 0 Å². The van der Waals surface area contributed by atoms with Crippen molar-refractivity contribution in [1.82, 2.24) is 9.78 Å². The molecule has 0 radical (unpaired) electrons. The molecule has 0 aliphatic carbocycles. The maximum atomic E-state index is 13.5. The van der Waals surface area contributed by atoms with Crippen molar-refractivity contribution in [2.45, 2.75) is 6.54 Å². The molecule has 1 aromatic heterocycles. The van der Waals surface area contributed by atoms with E-state index in [1.54, 1.807) is 17.1 Å². The Bertz CT molecular complexity index is 1080. The van der Waals surface area contributed by atoms with Crippen LogP contribution in [-0.4, -0.2) is 28.3 Å². The Balaban J connectivity index is 1.48. The van der Waals surface area contributed by atoms with Crippen LogP contribution in [0.15, 0.2) is 60.9 Å². The zero-order valence-corrected chi connectivity index (χ0v) is 15.5. The standard InChI is InChI=1S/C21H16F3N3O3/c22-16-7-8-17(21(24)20(16)23)26-18(28)13-30-19(29)9-6-15-10-25-27(12-15)11-14-4-2-1-3-5-14/h1-10,12H,11,13H2,(H,26,28)/b9-6+. The number of esters is 1. The van der Waals surface area contributed by atoms with Crippen LogP contribution in [0, 0.1) is 17.5 Å². The smallest absolute Gasteiger partial charge is 0.331 e. The molecule has 1 amide bonds. The highest BCUT2D eigenvalue weighted by Crippen LogP contribution is 2.19. The summed E-state index contributed by atoms with van der Waals surface area (Å²) in [4.78, 5) is 23.4. The maximum Gasteiger partial charge on any atom is 0.331 e. The van der Waals surface area contributed by atoms with E-state index in [-0.39, 0.29) is 0 Å². The van der Waals surface area contributed by atoms with Gasteiger partial charge in [0, 0.05) is 17.8 Å². The lowest BCUT2D eigenvalue weighted by molar-refractivity contribution is -0.142. The van der Waals surface area contributed by atoms with Crippen LogP contribution in [0.4, 0.5) is 18.9 Å². The number of nitrogens with one attached hydrogen (secondary N) is 1. The van der Waals surface area contributed by atoms with Crippen molar-refractivity contribution < 1.29 is 27.5 Å². The number of amides is 1. The number of halogens is 3. The van der Waals surface area contributed by atoms with E-state index in [1.807, 2.05) is 35.6 Å². The first-order valence-electron chi connectivity index (χ1n) is 8.77. The fourth-order valence-corrected chi connectivity index (χ4v) is 2.48. The van der Waals surface area contributed by atoms with Gasteiger partial charge < -0.3 is 10.1 Å². The molecule has 0 aliphatic heterocycles. The zero-order valence-electron chi connectivity index (χ0n) is 15.5. The number of rotatable bonds is 7. The molecule has 0 aliphatic rings. The van der Waals surface area contributed by atoms with Gasteiger partial charge in [-0.2, -0.15) is 5.10 Å². The number of hydrogen-bond acceptors (Lipinski definition) is 4. The van der Waals surface area contributed by atoms with Gasteiger partial charge in [-0.3, -0.25) is 9.48 Å². The van der Waals surface area contributed by atoms with Crippen LogP contribution in [0.5, 0.6) is 0 Å². The van der Waals surface area contributed by atoms with Crippen LogP contribution in [-0.2, 0) is 20.9 Å². The van der Waals surface area contributed by atoms with E-state index in [0.29, 0.717) is 18.2 Å². The minimum atomic E-state index is -1.71. The third-order valence-electron chi connectivity index (χ3n) is 3.91. The van der Waals surface area contributed by atoms with E-state index in [1.165, 1.54) is 6.08 Å². The number of carbonyl (C=O) groups excluding carboxylic acids is 2. The van der Waals surface area contributed by atoms with Gasteiger partial charge in [0.2, 0.25) is 0 Å². The van der Waals surface area contributed by atoms with E-state index in [4.69, 9.17) is 4.74 Å². The summed E-state index contributed by atoms with van der Waals surface area (Å²) in [6.45, 7) is -0.158. The highest BCUT2D eigenvalue weighted by molar-refractivity contribution is 5.94. The van der Waals surface area contributed by atoms with E-state index in [0.717, 1.165) is 17.7 Å². The molecule has 0 fully saturated rings.